The topological polar surface area (TPSA) is 76.4 Å². The molecule has 1 saturated heterocycles. The van der Waals surface area contributed by atoms with Gasteiger partial charge in [-0.15, -0.1) is 10.2 Å². The normalized spacial score (nSPS) is 17.1. The molecule has 1 fully saturated rings. The van der Waals surface area contributed by atoms with E-state index >= 15 is 0 Å². The predicted octanol–water partition coefficient (Wildman–Crippen LogP) is 2.45. The fourth-order valence-corrected chi connectivity index (χ4v) is 3.42. The van der Waals surface area contributed by atoms with Crippen molar-refractivity contribution in [3.63, 3.8) is 0 Å². The first kappa shape index (κ1) is 20.6. The molecular formula is C20H29ClN6O. The average molecular weight is 405 g/mol. The van der Waals surface area contributed by atoms with E-state index in [0.29, 0.717) is 6.54 Å². The Morgan fingerprint density at radius 2 is 2.25 bits per heavy atom. The number of benzene rings is 1. The van der Waals surface area contributed by atoms with Crippen LogP contribution in [0.3, 0.4) is 0 Å². The summed E-state index contributed by atoms with van der Waals surface area (Å²) < 4.78 is 7.75. The molecule has 2 heterocycles. The standard InChI is InChI=1S/C20H29ClN6O/c1-2-19-26-25-15-27(19)11-10-23-20(24-14-18-7-4-12-28-18)22-9-8-16-5-3-6-17(21)13-16/h3,5-6,13,15,18H,2,4,7-12,14H2,1H3,(H2,22,23,24). The average Bonchev–Trinajstić information content (AvgIpc) is 3.37. The number of guanidine groups is 1. The quantitative estimate of drug-likeness (QED) is 0.496. The highest BCUT2D eigenvalue weighted by Crippen LogP contribution is 2.12. The summed E-state index contributed by atoms with van der Waals surface area (Å²) in [5, 5.41) is 15.7. The number of nitrogens with one attached hydrogen (secondary N) is 2. The third-order valence-corrected chi connectivity index (χ3v) is 4.96. The summed E-state index contributed by atoms with van der Waals surface area (Å²) in [5.41, 5.74) is 1.20. The maximum absolute atomic E-state index is 6.07. The minimum Gasteiger partial charge on any atom is -0.376 e. The molecule has 1 aliphatic rings. The minimum absolute atomic E-state index is 0.232. The van der Waals surface area contributed by atoms with Crippen molar-refractivity contribution >= 4 is 17.6 Å². The first-order valence-electron chi connectivity index (χ1n) is 9.99. The summed E-state index contributed by atoms with van der Waals surface area (Å²) in [5.74, 6) is 1.80. The van der Waals surface area contributed by atoms with Gasteiger partial charge < -0.3 is 19.9 Å². The lowest BCUT2D eigenvalue weighted by atomic mass is 10.1. The van der Waals surface area contributed by atoms with Gasteiger partial charge in [-0.05, 0) is 37.0 Å². The number of ether oxygens (including phenoxy) is 1. The van der Waals surface area contributed by atoms with Crippen molar-refractivity contribution in [1.82, 2.24) is 25.4 Å². The van der Waals surface area contributed by atoms with Crippen LogP contribution in [-0.4, -0.2) is 53.1 Å². The highest BCUT2D eigenvalue weighted by Gasteiger charge is 2.15. The van der Waals surface area contributed by atoms with Gasteiger partial charge in [-0.25, -0.2) is 0 Å². The zero-order valence-electron chi connectivity index (χ0n) is 16.4. The largest absolute Gasteiger partial charge is 0.376 e. The SMILES string of the molecule is CCc1nncn1CCNC(=NCC1CCCO1)NCCc1cccc(Cl)c1. The number of aryl methyl sites for hydroxylation is 1. The molecule has 2 aromatic rings. The van der Waals surface area contributed by atoms with Gasteiger partial charge in [-0.3, -0.25) is 4.99 Å². The summed E-state index contributed by atoms with van der Waals surface area (Å²) in [6.45, 7) is 5.94. The van der Waals surface area contributed by atoms with E-state index in [2.05, 4.69) is 38.4 Å². The molecule has 0 amide bonds. The van der Waals surface area contributed by atoms with Gasteiger partial charge in [-0.1, -0.05) is 30.7 Å². The number of rotatable bonds is 9. The molecule has 152 valence electrons. The van der Waals surface area contributed by atoms with Gasteiger partial charge in [0.25, 0.3) is 0 Å². The van der Waals surface area contributed by atoms with Crippen LogP contribution in [-0.2, 0) is 24.1 Å². The lowest BCUT2D eigenvalue weighted by Crippen LogP contribution is -2.40. The molecule has 0 spiro atoms. The smallest absolute Gasteiger partial charge is 0.191 e. The fraction of sp³-hybridized carbons (Fsp3) is 0.550. The zero-order valence-corrected chi connectivity index (χ0v) is 17.2. The third-order valence-electron chi connectivity index (χ3n) is 4.73. The summed E-state index contributed by atoms with van der Waals surface area (Å²) in [6, 6.07) is 7.96. The van der Waals surface area contributed by atoms with E-state index in [4.69, 9.17) is 21.3 Å². The van der Waals surface area contributed by atoms with Crippen LogP contribution in [0.15, 0.2) is 35.6 Å². The lowest BCUT2D eigenvalue weighted by molar-refractivity contribution is 0.117. The second-order valence-electron chi connectivity index (χ2n) is 6.85. The van der Waals surface area contributed by atoms with Crippen molar-refractivity contribution in [2.75, 3.05) is 26.2 Å². The molecule has 1 atom stereocenters. The molecule has 0 radical (unpaired) electrons. The van der Waals surface area contributed by atoms with Crippen LogP contribution < -0.4 is 10.6 Å². The number of aromatic nitrogens is 3. The van der Waals surface area contributed by atoms with Crippen molar-refractivity contribution in [3.8, 4) is 0 Å². The van der Waals surface area contributed by atoms with Crippen LogP contribution >= 0.6 is 11.6 Å². The third kappa shape index (κ3) is 6.49. The van der Waals surface area contributed by atoms with E-state index < -0.39 is 0 Å². The number of aliphatic imine (C=N–C) groups is 1. The Morgan fingerprint density at radius 3 is 3.04 bits per heavy atom. The molecule has 0 saturated carbocycles. The summed E-state index contributed by atoms with van der Waals surface area (Å²) in [4.78, 5) is 4.72. The first-order chi connectivity index (χ1) is 13.7. The van der Waals surface area contributed by atoms with Gasteiger partial charge in [0.1, 0.15) is 12.2 Å². The van der Waals surface area contributed by atoms with E-state index in [1.165, 1.54) is 5.56 Å². The number of hydrogen-bond acceptors (Lipinski definition) is 4. The van der Waals surface area contributed by atoms with E-state index in [9.17, 15) is 0 Å². The summed E-state index contributed by atoms with van der Waals surface area (Å²) in [7, 11) is 0. The molecule has 0 bridgehead atoms. The second kappa shape index (κ2) is 11.0. The van der Waals surface area contributed by atoms with Crippen LogP contribution in [0.4, 0.5) is 0 Å². The van der Waals surface area contributed by atoms with Crippen LogP contribution in [0, 0.1) is 0 Å². The highest BCUT2D eigenvalue weighted by molar-refractivity contribution is 6.30. The number of halogens is 1. The molecule has 0 aliphatic carbocycles. The molecule has 1 aromatic heterocycles. The van der Waals surface area contributed by atoms with Gasteiger partial charge in [0.2, 0.25) is 0 Å². The summed E-state index contributed by atoms with van der Waals surface area (Å²) in [6.07, 6.45) is 5.97. The second-order valence-corrected chi connectivity index (χ2v) is 7.29. The minimum atomic E-state index is 0.232. The first-order valence-corrected chi connectivity index (χ1v) is 10.4. The van der Waals surface area contributed by atoms with Crippen LogP contribution in [0.25, 0.3) is 0 Å². The molecule has 1 aromatic carbocycles. The summed E-state index contributed by atoms with van der Waals surface area (Å²) >= 11 is 6.07. The maximum atomic E-state index is 6.07. The Hall–Kier alpha value is -2.12. The number of nitrogens with zero attached hydrogens (tertiary/aromatic N) is 4. The highest BCUT2D eigenvalue weighted by atomic mass is 35.5. The van der Waals surface area contributed by atoms with Crippen molar-refractivity contribution < 1.29 is 4.74 Å². The van der Waals surface area contributed by atoms with E-state index in [1.807, 2.05) is 18.2 Å². The van der Waals surface area contributed by atoms with Crippen molar-refractivity contribution in [2.24, 2.45) is 4.99 Å². The molecule has 1 unspecified atom stereocenters. The van der Waals surface area contributed by atoms with Crippen molar-refractivity contribution in [3.05, 3.63) is 47.0 Å². The van der Waals surface area contributed by atoms with Gasteiger partial charge in [0, 0.05) is 37.7 Å². The van der Waals surface area contributed by atoms with Crippen LogP contribution in [0.2, 0.25) is 5.02 Å². The van der Waals surface area contributed by atoms with Gasteiger partial charge in [0.05, 0.1) is 12.6 Å². The molecular weight excluding hydrogens is 376 g/mol. The van der Waals surface area contributed by atoms with Crippen molar-refractivity contribution in [2.45, 2.75) is 45.3 Å². The van der Waals surface area contributed by atoms with Gasteiger partial charge in [0.15, 0.2) is 5.96 Å². The Bertz CT molecular complexity index is 757. The number of hydrogen-bond donors (Lipinski definition) is 2. The molecule has 8 heteroatoms. The predicted molar refractivity (Wildman–Crippen MR) is 112 cm³/mol. The fourth-order valence-electron chi connectivity index (χ4n) is 3.21. The Labute approximate surface area is 171 Å². The Morgan fingerprint density at radius 1 is 1.36 bits per heavy atom. The molecule has 2 N–H and O–H groups in total. The lowest BCUT2D eigenvalue weighted by Gasteiger charge is -2.15. The molecule has 3 rings (SSSR count). The monoisotopic (exact) mass is 404 g/mol. The Balaban J connectivity index is 1.50. The molecule has 28 heavy (non-hydrogen) atoms. The van der Waals surface area contributed by atoms with E-state index in [-0.39, 0.29) is 6.10 Å². The van der Waals surface area contributed by atoms with E-state index in [0.717, 1.165) is 68.7 Å². The van der Waals surface area contributed by atoms with Gasteiger partial charge >= 0.3 is 0 Å². The van der Waals surface area contributed by atoms with Crippen LogP contribution in [0.1, 0.15) is 31.2 Å². The van der Waals surface area contributed by atoms with Crippen molar-refractivity contribution in [1.29, 1.82) is 0 Å². The maximum Gasteiger partial charge on any atom is 0.191 e. The molecule has 7 nitrogen and oxygen atoms in total. The van der Waals surface area contributed by atoms with Crippen LogP contribution in [0.5, 0.6) is 0 Å². The van der Waals surface area contributed by atoms with E-state index in [1.54, 1.807) is 6.33 Å². The van der Waals surface area contributed by atoms with Gasteiger partial charge in [-0.2, -0.15) is 0 Å². The zero-order chi connectivity index (χ0) is 19.6. The Kier molecular flexibility index (Phi) is 8.11. The molecule has 1 aliphatic heterocycles.